The second-order valence-electron chi connectivity index (χ2n) is 16.5. The molecule has 70 heavy (non-hydrogen) atoms. The Labute approximate surface area is 416 Å². The molecule has 0 saturated carbocycles. The molecular weight excluding hydrogens is 1020 g/mol. The Morgan fingerprint density at radius 1 is 0.571 bits per heavy atom. The summed E-state index contributed by atoms with van der Waals surface area (Å²) in [5.74, 6) is -1.68. The monoisotopic (exact) mass is 1060 g/mol. The molecule has 6 aromatic rings. The van der Waals surface area contributed by atoms with Crippen molar-refractivity contribution in [3.8, 4) is 34.0 Å². The SMILES string of the molecule is COc1cc(N2CCN(C(Cn3nc(C(F)(F)F)c(Cl)c3-c3ccccc3F)C(=O)C(Cn3nc(C(F)(F)F)c(Cl)c3-c3ccccc3F)N3CCN(c4ccc(Cl)c(OC)c4)CC3)CC2)ccc1Cl. The minimum Gasteiger partial charge on any atom is -0.495 e. The average molecular weight is 1060 g/mol. The fraction of sp³-hybridized carbons (Fsp3) is 0.340. The molecule has 0 bridgehead atoms. The van der Waals surface area contributed by atoms with E-state index in [1.165, 1.54) is 50.6 Å². The van der Waals surface area contributed by atoms with Crippen LogP contribution in [0, 0.1) is 11.6 Å². The van der Waals surface area contributed by atoms with Crippen LogP contribution in [0.4, 0.5) is 46.5 Å². The summed E-state index contributed by atoms with van der Waals surface area (Å²) in [5, 5.41) is 6.66. The van der Waals surface area contributed by atoms with Crippen LogP contribution in [0.5, 0.6) is 11.5 Å². The zero-order valence-corrected chi connectivity index (χ0v) is 40.2. The van der Waals surface area contributed by atoms with Gasteiger partial charge in [-0.2, -0.15) is 36.5 Å². The second kappa shape index (κ2) is 20.8. The van der Waals surface area contributed by atoms with Gasteiger partial charge in [-0.15, -0.1) is 0 Å². The number of alkyl halides is 6. The van der Waals surface area contributed by atoms with Gasteiger partial charge in [0.15, 0.2) is 17.2 Å². The summed E-state index contributed by atoms with van der Waals surface area (Å²) in [4.78, 5) is 23.3. The highest BCUT2D eigenvalue weighted by Gasteiger charge is 2.44. The predicted octanol–water partition coefficient (Wildman–Crippen LogP) is 11.0. The molecule has 0 N–H and O–H groups in total. The molecule has 8 rings (SSSR count). The van der Waals surface area contributed by atoms with Gasteiger partial charge in [-0.1, -0.05) is 70.7 Å². The zero-order chi connectivity index (χ0) is 50.2. The van der Waals surface area contributed by atoms with Gasteiger partial charge in [0.05, 0.1) is 70.9 Å². The zero-order valence-electron chi connectivity index (χ0n) is 37.1. The molecule has 372 valence electrons. The van der Waals surface area contributed by atoms with Crippen molar-refractivity contribution >= 4 is 63.6 Å². The molecule has 2 fully saturated rings. The van der Waals surface area contributed by atoms with Crippen LogP contribution in [0.15, 0.2) is 84.9 Å². The van der Waals surface area contributed by atoms with E-state index in [-0.39, 0.29) is 63.5 Å². The van der Waals surface area contributed by atoms with Gasteiger partial charge in [-0.3, -0.25) is 24.0 Å². The minimum atomic E-state index is -5.11. The maximum atomic E-state index is 15.9. The largest absolute Gasteiger partial charge is 0.495 e. The van der Waals surface area contributed by atoms with E-state index in [1.54, 1.807) is 46.2 Å². The third kappa shape index (κ3) is 10.5. The van der Waals surface area contributed by atoms with Crippen molar-refractivity contribution in [1.29, 1.82) is 0 Å². The van der Waals surface area contributed by atoms with Crippen molar-refractivity contribution in [2.45, 2.75) is 37.5 Å². The van der Waals surface area contributed by atoms with Gasteiger partial charge in [0.2, 0.25) is 0 Å². The Morgan fingerprint density at radius 2 is 0.929 bits per heavy atom. The van der Waals surface area contributed by atoms with E-state index in [0.29, 0.717) is 21.5 Å². The van der Waals surface area contributed by atoms with Gasteiger partial charge in [-0.05, 0) is 48.5 Å². The Balaban J connectivity index is 1.24. The molecule has 0 spiro atoms. The van der Waals surface area contributed by atoms with E-state index in [0.717, 1.165) is 32.9 Å². The number of rotatable bonds is 14. The number of ketones is 1. The Morgan fingerprint density at radius 3 is 1.26 bits per heavy atom. The lowest BCUT2D eigenvalue weighted by Gasteiger charge is -2.44. The second-order valence-corrected chi connectivity index (χ2v) is 18.0. The summed E-state index contributed by atoms with van der Waals surface area (Å²) in [6, 6.07) is 17.6. The Hall–Kier alpha value is -5.31. The highest BCUT2D eigenvalue weighted by molar-refractivity contribution is 6.34. The van der Waals surface area contributed by atoms with Crippen LogP contribution < -0.4 is 19.3 Å². The van der Waals surface area contributed by atoms with Crippen molar-refractivity contribution in [2.75, 3.05) is 76.4 Å². The lowest BCUT2D eigenvalue weighted by Crippen LogP contribution is -2.61. The Kier molecular flexibility index (Phi) is 15.2. The summed E-state index contributed by atoms with van der Waals surface area (Å²) >= 11 is 25.5. The highest BCUT2D eigenvalue weighted by atomic mass is 35.5. The number of ether oxygens (including phenoxy) is 2. The quantitative estimate of drug-likeness (QED) is 0.0991. The van der Waals surface area contributed by atoms with Crippen molar-refractivity contribution in [2.24, 2.45) is 0 Å². The van der Waals surface area contributed by atoms with E-state index in [2.05, 4.69) is 10.2 Å². The molecule has 11 nitrogen and oxygen atoms in total. The molecule has 4 aromatic carbocycles. The fourth-order valence-electron chi connectivity index (χ4n) is 8.92. The number of carbonyl (C=O) groups is 1. The molecule has 2 aromatic heterocycles. The van der Waals surface area contributed by atoms with Crippen molar-refractivity contribution in [3.63, 3.8) is 0 Å². The first-order valence-corrected chi connectivity index (χ1v) is 23.2. The van der Waals surface area contributed by atoms with Crippen LogP contribution in [0.3, 0.4) is 0 Å². The van der Waals surface area contributed by atoms with Crippen LogP contribution in [-0.4, -0.2) is 114 Å². The standard InChI is InChI=1S/C47H42Cl4F8N8O3/c1-69-37-23-27(11-13-31(37)48)62-15-19-64(20-16-62)35(25-66-41(29-7-3-5-9-33(29)52)39(50)44(60-66)46(54,55)56)43(68)36(65-21-17-63(18-22-65)28-12-14-32(49)38(24-28)70-2)26-67-42(30-8-4-6-10-34(30)53)40(51)45(61-67)47(57,58)59/h3-14,23-24,35-36H,15-22,25-26H2,1-2H3. The molecule has 2 atom stereocenters. The molecule has 2 saturated heterocycles. The van der Waals surface area contributed by atoms with E-state index < -0.39 is 87.8 Å². The lowest BCUT2D eigenvalue weighted by molar-refractivity contribution is -0.142. The number of hydrogen-bond acceptors (Lipinski definition) is 9. The van der Waals surface area contributed by atoms with E-state index in [4.69, 9.17) is 55.9 Å². The van der Waals surface area contributed by atoms with Gasteiger partial charge < -0.3 is 19.3 Å². The third-order valence-electron chi connectivity index (χ3n) is 12.4. The molecule has 23 heteroatoms. The average Bonchev–Trinajstić information content (AvgIpc) is 3.85. The molecule has 4 heterocycles. The van der Waals surface area contributed by atoms with Gasteiger partial charge >= 0.3 is 12.4 Å². The number of halogens is 12. The number of methoxy groups -OCH3 is 2. The summed E-state index contributed by atoms with van der Waals surface area (Å²) in [6.07, 6.45) is -10.2. The van der Waals surface area contributed by atoms with Gasteiger partial charge in [0.25, 0.3) is 0 Å². The minimum absolute atomic E-state index is 0.128. The first-order chi connectivity index (χ1) is 33.3. The van der Waals surface area contributed by atoms with Crippen LogP contribution >= 0.6 is 46.4 Å². The van der Waals surface area contributed by atoms with Crippen LogP contribution in [0.2, 0.25) is 20.1 Å². The molecule has 0 aliphatic carbocycles. The summed E-state index contributed by atoms with van der Waals surface area (Å²) in [5.41, 5.74) is -3.13. The molecule has 2 aliphatic heterocycles. The van der Waals surface area contributed by atoms with Gasteiger partial charge in [0.1, 0.15) is 23.1 Å². The molecule has 0 radical (unpaired) electrons. The van der Waals surface area contributed by atoms with Gasteiger partial charge in [-0.25, -0.2) is 8.78 Å². The van der Waals surface area contributed by atoms with Crippen molar-refractivity contribution in [1.82, 2.24) is 29.4 Å². The topological polar surface area (TPSA) is 84.1 Å². The third-order valence-corrected chi connectivity index (χ3v) is 13.8. The summed E-state index contributed by atoms with van der Waals surface area (Å²) in [6.45, 7) is 0.366. The van der Waals surface area contributed by atoms with Crippen LogP contribution in [0.25, 0.3) is 22.5 Å². The van der Waals surface area contributed by atoms with Crippen LogP contribution in [-0.2, 0) is 30.2 Å². The smallest absolute Gasteiger partial charge is 0.436 e. The molecule has 2 unspecified atom stereocenters. The van der Waals surface area contributed by atoms with E-state index in [1.807, 2.05) is 9.80 Å². The number of nitrogens with zero attached hydrogens (tertiary/aromatic N) is 8. The first kappa shape index (κ1) is 51.1. The molecule has 2 aliphatic rings. The normalized spacial score (nSPS) is 16.1. The maximum absolute atomic E-state index is 15.9. The fourth-order valence-corrected chi connectivity index (χ4v) is 10.0. The summed E-state index contributed by atoms with van der Waals surface area (Å²) < 4.78 is 132. The number of hydrogen-bond donors (Lipinski definition) is 0. The highest BCUT2D eigenvalue weighted by Crippen LogP contribution is 2.43. The van der Waals surface area contributed by atoms with Crippen LogP contribution in [0.1, 0.15) is 11.4 Å². The number of Topliss-reactive ketones (excluding diaryl/α,β-unsaturated/α-hetero) is 1. The Bertz CT molecular complexity index is 2680. The number of benzene rings is 4. The van der Waals surface area contributed by atoms with Crippen molar-refractivity contribution < 1.29 is 49.4 Å². The first-order valence-electron chi connectivity index (χ1n) is 21.6. The number of piperazine rings is 2. The number of anilines is 2. The molecular formula is C47H42Cl4F8N8O3. The van der Waals surface area contributed by atoms with E-state index in [9.17, 15) is 26.3 Å². The number of aromatic nitrogens is 4. The summed E-state index contributed by atoms with van der Waals surface area (Å²) in [7, 11) is 2.93. The lowest BCUT2D eigenvalue weighted by atomic mass is 9.99. The number of carbonyl (C=O) groups excluding carboxylic acids is 1. The van der Waals surface area contributed by atoms with Crippen molar-refractivity contribution in [3.05, 3.63) is 128 Å². The molecule has 0 amide bonds. The van der Waals surface area contributed by atoms with E-state index >= 15 is 13.6 Å². The van der Waals surface area contributed by atoms with Gasteiger partial charge in [0, 0.05) is 87.0 Å². The maximum Gasteiger partial charge on any atom is 0.436 e. The predicted molar refractivity (Wildman–Crippen MR) is 251 cm³/mol.